The number of methoxy groups -OCH3 is 1. The zero-order valence-electron chi connectivity index (χ0n) is 11.4. The third-order valence-corrected chi connectivity index (χ3v) is 2.82. The summed E-state index contributed by atoms with van der Waals surface area (Å²) in [6, 6.07) is 0.511. The van der Waals surface area contributed by atoms with Crippen LogP contribution < -0.4 is 5.32 Å². The molecule has 0 saturated carbocycles. The predicted octanol–water partition coefficient (Wildman–Crippen LogP) is 2.23. The van der Waals surface area contributed by atoms with Crippen LogP contribution in [0.25, 0.3) is 0 Å². The standard InChI is InChI=1S/C13H25N3O/c1-11(2)7-12(3)16-10-15-9-13(16)8-14-5-6-17-4/h9-12,14H,5-8H2,1-4H3. The molecule has 1 unspecified atom stereocenters. The maximum absolute atomic E-state index is 5.01. The Morgan fingerprint density at radius 1 is 1.41 bits per heavy atom. The van der Waals surface area contributed by atoms with Crippen molar-refractivity contribution in [2.45, 2.75) is 39.8 Å². The van der Waals surface area contributed by atoms with E-state index in [1.165, 1.54) is 12.1 Å². The summed E-state index contributed by atoms with van der Waals surface area (Å²) in [5.74, 6) is 0.710. The number of rotatable bonds is 8. The Kier molecular flexibility index (Phi) is 6.22. The molecule has 4 heteroatoms. The summed E-state index contributed by atoms with van der Waals surface area (Å²) < 4.78 is 7.27. The Balaban J connectivity index is 2.47. The van der Waals surface area contributed by atoms with E-state index in [0.717, 1.165) is 19.7 Å². The number of ether oxygens (including phenoxy) is 1. The second-order valence-electron chi connectivity index (χ2n) is 4.94. The van der Waals surface area contributed by atoms with Gasteiger partial charge >= 0.3 is 0 Å². The third kappa shape index (κ3) is 4.88. The van der Waals surface area contributed by atoms with Crippen molar-refractivity contribution in [3.8, 4) is 0 Å². The molecule has 0 aliphatic heterocycles. The van der Waals surface area contributed by atoms with Crippen LogP contribution in [0.5, 0.6) is 0 Å². The fourth-order valence-electron chi connectivity index (χ4n) is 2.05. The molecule has 1 atom stereocenters. The second-order valence-corrected chi connectivity index (χ2v) is 4.94. The van der Waals surface area contributed by atoms with Crippen LogP contribution >= 0.6 is 0 Å². The van der Waals surface area contributed by atoms with Gasteiger partial charge in [0.05, 0.1) is 18.6 Å². The van der Waals surface area contributed by atoms with E-state index in [2.05, 4.69) is 35.6 Å². The quantitative estimate of drug-likeness (QED) is 0.707. The van der Waals surface area contributed by atoms with E-state index in [1.54, 1.807) is 7.11 Å². The van der Waals surface area contributed by atoms with Crippen LogP contribution in [0.15, 0.2) is 12.5 Å². The monoisotopic (exact) mass is 239 g/mol. The molecule has 4 nitrogen and oxygen atoms in total. The van der Waals surface area contributed by atoms with E-state index in [1.807, 2.05) is 12.5 Å². The van der Waals surface area contributed by atoms with Gasteiger partial charge in [0.15, 0.2) is 0 Å². The molecule has 1 rings (SSSR count). The van der Waals surface area contributed by atoms with Gasteiger partial charge in [0.1, 0.15) is 0 Å². The molecule has 0 aliphatic carbocycles. The van der Waals surface area contributed by atoms with E-state index in [4.69, 9.17) is 4.74 Å². The number of hydrogen-bond donors (Lipinski definition) is 1. The van der Waals surface area contributed by atoms with Gasteiger partial charge in [-0.15, -0.1) is 0 Å². The lowest BCUT2D eigenvalue weighted by atomic mass is 10.1. The van der Waals surface area contributed by atoms with Gasteiger partial charge in [0, 0.05) is 32.4 Å². The number of nitrogens with zero attached hydrogens (tertiary/aromatic N) is 2. The molecule has 1 heterocycles. The lowest BCUT2D eigenvalue weighted by molar-refractivity contribution is 0.199. The van der Waals surface area contributed by atoms with Crippen molar-refractivity contribution in [1.82, 2.24) is 14.9 Å². The number of imidazole rings is 1. The fourth-order valence-corrected chi connectivity index (χ4v) is 2.05. The predicted molar refractivity (Wildman–Crippen MR) is 70.0 cm³/mol. The van der Waals surface area contributed by atoms with Crippen molar-refractivity contribution < 1.29 is 4.74 Å². The normalized spacial score (nSPS) is 13.2. The Hall–Kier alpha value is -0.870. The maximum Gasteiger partial charge on any atom is 0.0951 e. The first kappa shape index (κ1) is 14.2. The van der Waals surface area contributed by atoms with Crippen molar-refractivity contribution in [1.29, 1.82) is 0 Å². The Morgan fingerprint density at radius 2 is 2.18 bits per heavy atom. The number of hydrogen-bond acceptors (Lipinski definition) is 3. The van der Waals surface area contributed by atoms with Crippen LogP contribution in [-0.2, 0) is 11.3 Å². The van der Waals surface area contributed by atoms with Crippen LogP contribution in [0.3, 0.4) is 0 Å². The molecule has 0 amide bonds. The summed E-state index contributed by atoms with van der Waals surface area (Å²) in [6.45, 7) is 9.23. The Bertz CT molecular complexity index is 309. The van der Waals surface area contributed by atoms with Gasteiger partial charge in [0.2, 0.25) is 0 Å². The van der Waals surface area contributed by atoms with E-state index < -0.39 is 0 Å². The summed E-state index contributed by atoms with van der Waals surface area (Å²) in [5.41, 5.74) is 1.24. The molecule has 0 aromatic carbocycles. The van der Waals surface area contributed by atoms with Gasteiger partial charge in [-0.1, -0.05) is 13.8 Å². The van der Waals surface area contributed by atoms with Crippen molar-refractivity contribution >= 4 is 0 Å². The molecule has 0 bridgehead atoms. The van der Waals surface area contributed by atoms with E-state index in [-0.39, 0.29) is 0 Å². The van der Waals surface area contributed by atoms with Crippen LogP contribution in [0.2, 0.25) is 0 Å². The zero-order chi connectivity index (χ0) is 12.7. The van der Waals surface area contributed by atoms with Crippen LogP contribution in [-0.4, -0.2) is 29.8 Å². The van der Waals surface area contributed by atoms with Gasteiger partial charge in [0.25, 0.3) is 0 Å². The molecule has 0 fully saturated rings. The molecule has 0 saturated heterocycles. The van der Waals surface area contributed by atoms with Crippen molar-refractivity contribution in [2.75, 3.05) is 20.3 Å². The summed E-state index contributed by atoms with van der Waals surface area (Å²) in [6.07, 6.45) is 5.05. The molecule has 1 N–H and O–H groups in total. The largest absolute Gasteiger partial charge is 0.383 e. The van der Waals surface area contributed by atoms with Crippen LogP contribution in [0.1, 0.15) is 38.9 Å². The molecule has 17 heavy (non-hydrogen) atoms. The van der Waals surface area contributed by atoms with Gasteiger partial charge in [-0.25, -0.2) is 4.98 Å². The molecular formula is C13H25N3O. The highest BCUT2D eigenvalue weighted by atomic mass is 16.5. The molecular weight excluding hydrogens is 214 g/mol. The molecule has 98 valence electrons. The number of aromatic nitrogens is 2. The van der Waals surface area contributed by atoms with E-state index >= 15 is 0 Å². The van der Waals surface area contributed by atoms with Gasteiger partial charge in [-0.3, -0.25) is 0 Å². The van der Waals surface area contributed by atoms with E-state index in [9.17, 15) is 0 Å². The summed E-state index contributed by atoms with van der Waals surface area (Å²) in [7, 11) is 1.72. The summed E-state index contributed by atoms with van der Waals surface area (Å²) in [5, 5.41) is 3.35. The summed E-state index contributed by atoms with van der Waals surface area (Å²) in [4.78, 5) is 4.24. The minimum atomic E-state index is 0.511. The first-order valence-corrected chi connectivity index (χ1v) is 6.35. The van der Waals surface area contributed by atoms with E-state index in [0.29, 0.717) is 12.0 Å². The summed E-state index contributed by atoms with van der Waals surface area (Å²) >= 11 is 0. The van der Waals surface area contributed by atoms with Crippen LogP contribution in [0, 0.1) is 5.92 Å². The van der Waals surface area contributed by atoms with Gasteiger partial charge in [-0.2, -0.15) is 0 Å². The molecule has 0 spiro atoms. The van der Waals surface area contributed by atoms with Crippen molar-refractivity contribution in [3.63, 3.8) is 0 Å². The smallest absolute Gasteiger partial charge is 0.0951 e. The molecule has 0 radical (unpaired) electrons. The third-order valence-electron chi connectivity index (χ3n) is 2.82. The molecule has 1 aromatic rings. The maximum atomic E-state index is 5.01. The highest BCUT2D eigenvalue weighted by Gasteiger charge is 2.10. The van der Waals surface area contributed by atoms with Gasteiger partial charge in [-0.05, 0) is 19.3 Å². The minimum Gasteiger partial charge on any atom is -0.383 e. The number of nitrogens with one attached hydrogen (secondary N) is 1. The Morgan fingerprint density at radius 3 is 2.82 bits per heavy atom. The SMILES string of the molecule is COCCNCc1cncn1C(C)CC(C)C. The topological polar surface area (TPSA) is 39.1 Å². The van der Waals surface area contributed by atoms with Crippen molar-refractivity contribution in [3.05, 3.63) is 18.2 Å². The highest BCUT2D eigenvalue weighted by molar-refractivity contribution is 4.99. The Labute approximate surface area is 104 Å². The van der Waals surface area contributed by atoms with Crippen LogP contribution in [0.4, 0.5) is 0 Å². The average molecular weight is 239 g/mol. The lowest BCUT2D eigenvalue weighted by Crippen LogP contribution is -2.21. The minimum absolute atomic E-state index is 0.511. The van der Waals surface area contributed by atoms with Gasteiger partial charge < -0.3 is 14.6 Å². The zero-order valence-corrected chi connectivity index (χ0v) is 11.4. The fraction of sp³-hybridized carbons (Fsp3) is 0.769. The highest BCUT2D eigenvalue weighted by Crippen LogP contribution is 2.18. The first-order chi connectivity index (χ1) is 8.15. The van der Waals surface area contributed by atoms with Crippen molar-refractivity contribution in [2.24, 2.45) is 5.92 Å². The lowest BCUT2D eigenvalue weighted by Gasteiger charge is -2.18. The molecule has 1 aromatic heterocycles. The molecule has 0 aliphatic rings. The average Bonchev–Trinajstić information content (AvgIpc) is 2.71. The first-order valence-electron chi connectivity index (χ1n) is 6.35. The second kappa shape index (κ2) is 7.45.